The van der Waals surface area contributed by atoms with Gasteiger partial charge < -0.3 is 14.4 Å². The van der Waals surface area contributed by atoms with Crippen LogP contribution in [0.2, 0.25) is 0 Å². The summed E-state index contributed by atoms with van der Waals surface area (Å²) in [5, 5.41) is 0. The third-order valence-electron chi connectivity index (χ3n) is 6.74. The molecule has 0 aliphatic carbocycles. The number of piperidine rings is 1. The molecule has 1 amide bonds. The minimum Gasteiger partial charge on any atom is -0.336 e. The first-order valence-electron chi connectivity index (χ1n) is 11.1. The van der Waals surface area contributed by atoms with Crippen molar-refractivity contribution in [3.05, 3.63) is 65.2 Å². The predicted octanol–water partition coefficient (Wildman–Crippen LogP) is 3.84. The molecule has 5 nitrogen and oxygen atoms in total. The monoisotopic (exact) mass is 406 g/mol. The summed E-state index contributed by atoms with van der Waals surface area (Å²) in [6.45, 7) is 6.98. The average molecular weight is 407 g/mol. The van der Waals surface area contributed by atoms with Crippen LogP contribution >= 0.6 is 0 Å². The molecule has 2 aromatic rings. The zero-order valence-electron chi connectivity index (χ0n) is 17.7. The molecule has 0 atom stereocenters. The Kier molecular flexibility index (Phi) is 5.35. The summed E-state index contributed by atoms with van der Waals surface area (Å²) in [5.41, 5.74) is 4.33. The molecular weight excluding hydrogens is 376 g/mol. The minimum absolute atomic E-state index is 0.0536. The Balaban J connectivity index is 1.21. The molecule has 30 heavy (non-hydrogen) atoms. The van der Waals surface area contributed by atoms with Crippen molar-refractivity contribution < 1.29 is 14.3 Å². The van der Waals surface area contributed by atoms with E-state index in [4.69, 9.17) is 9.47 Å². The summed E-state index contributed by atoms with van der Waals surface area (Å²) in [5.74, 6) is -0.608. The van der Waals surface area contributed by atoms with E-state index in [1.165, 1.54) is 18.4 Å². The van der Waals surface area contributed by atoms with Crippen LogP contribution in [0.4, 0.5) is 5.69 Å². The molecule has 158 valence electrons. The lowest BCUT2D eigenvalue weighted by Crippen LogP contribution is -2.42. The molecule has 2 saturated heterocycles. The Labute approximate surface area is 178 Å². The van der Waals surface area contributed by atoms with Crippen LogP contribution in [0.1, 0.15) is 36.0 Å². The van der Waals surface area contributed by atoms with Crippen LogP contribution in [0.25, 0.3) is 0 Å². The van der Waals surface area contributed by atoms with E-state index < -0.39 is 5.79 Å². The van der Waals surface area contributed by atoms with Gasteiger partial charge in [0.05, 0.1) is 18.9 Å². The number of benzene rings is 2. The largest absolute Gasteiger partial charge is 0.336 e. The lowest BCUT2D eigenvalue weighted by atomic mass is 9.93. The number of aryl methyl sites for hydroxylation is 1. The molecular formula is C25H30N2O3. The maximum Gasteiger partial charge on any atom is 0.292 e. The first-order valence-corrected chi connectivity index (χ1v) is 11.1. The topological polar surface area (TPSA) is 42.0 Å². The number of fused-ring (bicyclic) bond motifs is 2. The predicted molar refractivity (Wildman–Crippen MR) is 116 cm³/mol. The number of hydrogen-bond donors (Lipinski definition) is 0. The van der Waals surface area contributed by atoms with Gasteiger partial charge in [0.25, 0.3) is 11.7 Å². The van der Waals surface area contributed by atoms with Gasteiger partial charge in [0, 0.05) is 18.7 Å². The first kappa shape index (κ1) is 19.7. The number of nitrogens with zero attached hydrogens (tertiary/aromatic N) is 2. The normalized spacial score (nSPS) is 21.5. The molecule has 2 fully saturated rings. The maximum atomic E-state index is 13.3. The number of rotatable bonds is 5. The van der Waals surface area contributed by atoms with Gasteiger partial charge >= 0.3 is 0 Å². The number of carbonyl (C=O) groups is 1. The molecule has 0 saturated carbocycles. The quantitative estimate of drug-likeness (QED) is 0.757. The molecule has 1 spiro atoms. The van der Waals surface area contributed by atoms with Gasteiger partial charge in [-0.2, -0.15) is 0 Å². The van der Waals surface area contributed by atoms with Crippen molar-refractivity contribution >= 4 is 11.6 Å². The average Bonchev–Trinajstić information content (AvgIpc) is 3.34. The lowest BCUT2D eigenvalue weighted by Gasteiger charge is -2.33. The van der Waals surface area contributed by atoms with Gasteiger partial charge in [-0.1, -0.05) is 42.0 Å². The molecule has 5 rings (SSSR count). The summed E-state index contributed by atoms with van der Waals surface area (Å²) in [6, 6.07) is 16.8. The second-order valence-corrected chi connectivity index (χ2v) is 8.78. The molecule has 0 bridgehead atoms. The highest BCUT2D eigenvalue weighted by Gasteiger charge is 2.55. The molecule has 5 heteroatoms. The van der Waals surface area contributed by atoms with E-state index in [9.17, 15) is 4.79 Å². The zero-order chi connectivity index (χ0) is 20.6. The fourth-order valence-electron chi connectivity index (χ4n) is 5.05. The standard InChI is InChI=1S/C25H30N2O3/c1-19-7-8-23-22(17-19)25(29-15-16-30-25)24(28)27(23)14-11-20-9-12-26(13-10-20)18-21-5-3-2-4-6-21/h2-8,17,20H,9-16,18H2,1H3. The summed E-state index contributed by atoms with van der Waals surface area (Å²) < 4.78 is 11.7. The van der Waals surface area contributed by atoms with E-state index in [0.29, 0.717) is 19.1 Å². The van der Waals surface area contributed by atoms with E-state index in [1.54, 1.807) is 0 Å². The van der Waals surface area contributed by atoms with E-state index in [2.05, 4.69) is 41.3 Å². The molecule has 0 N–H and O–H groups in total. The van der Waals surface area contributed by atoms with Gasteiger partial charge in [-0.15, -0.1) is 0 Å². The van der Waals surface area contributed by atoms with Crippen LogP contribution in [0, 0.1) is 12.8 Å². The Morgan fingerprint density at radius 2 is 1.77 bits per heavy atom. The summed E-state index contributed by atoms with van der Waals surface area (Å²) >= 11 is 0. The SMILES string of the molecule is Cc1ccc2c(c1)C1(OCCO1)C(=O)N2CCC1CCN(Cc2ccccc2)CC1. The number of hydrogen-bond acceptors (Lipinski definition) is 4. The van der Waals surface area contributed by atoms with Gasteiger partial charge in [0.15, 0.2) is 0 Å². The van der Waals surface area contributed by atoms with Gasteiger partial charge in [-0.3, -0.25) is 9.69 Å². The Morgan fingerprint density at radius 3 is 2.50 bits per heavy atom. The Morgan fingerprint density at radius 1 is 1.03 bits per heavy atom. The number of amides is 1. The summed E-state index contributed by atoms with van der Waals surface area (Å²) in [6.07, 6.45) is 3.40. The van der Waals surface area contributed by atoms with Crippen molar-refractivity contribution in [2.24, 2.45) is 5.92 Å². The van der Waals surface area contributed by atoms with Crippen LogP contribution in [0.5, 0.6) is 0 Å². The van der Waals surface area contributed by atoms with Crippen LogP contribution in [-0.2, 0) is 26.6 Å². The van der Waals surface area contributed by atoms with E-state index in [0.717, 1.165) is 49.4 Å². The fraction of sp³-hybridized carbons (Fsp3) is 0.480. The van der Waals surface area contributed by atoms with Crippen LogP contribution in [-0.4, -0.2) is 43.7 Å². The highest BCUT2D eigenvalue weighted by molar-refractivity contribution is 6.06. The van der Waals surface area contributed by atoms with Crippen molar-refractivity contribution in [2.45, 2.75) is 38.5 Å². The number of likely N-dealkylation sites (tertiary alicyclic amines) is 1. The highest BCUT2D eigenvalue weighted by Crippen LogP contribution is 2.46. The molecule has 3 aliphatic heterocycles. The molecule has 0 radical (unpaired) electrons. The summed E-state index contributed by atoms with van der Waals surface area (Å²) in [4.78, 5) is 17.7. The van der Waals surface area contributed by atoms with E-state index in [-0.39, 0.29) is 5.91 Å². The third-order valence-corrected chi connectivity index (χ3v) is 6.74. The van der Waals surface area contributed by atoms with Crippen molar-refractivity contribution in [1.82, 2.24) is 4.90 Å². The molecule has 2 aromatic carbocycles. The second kappa shape index (κ2) is 8.14. The highest BCUT2D eigenvalue weighted by atomic mass is 16.7. The van der Waals surface area contributed by atoms with Crippen molar-refractivity contribution in [3.8, 4) is 0 Å². The smallest absolute Gasteiger partial charge is 0.292 e. The fourth-order valence-corrected chi connectivity index (χ4v) is 5.05. The number of anilines is 1. The Bertz CT molecular complexity index is 900. The van der Waals surface area contributed by atoms with Crippen LogP contribution in [0.3, 0.4) is 0 Å². The van der Waals surface area contributed by atoms with Crippen molar-refractivity contribution in [2.75, 3.05) is 37.7 Å². The maximum absolute atomic E-state index is 13.3. The molecule has 0 unspecified atom stereocenters. The van der Waals surface area contributed by atoms with Crippen molar-refractivity contribution in [3.63, 3.8) is 0 Å². The van der Waals surface area contributed by atoms with E-state index >= 15 is 0 Å². The third kappa shape index (κ3) is 3.55. The van der Waals surface area contributed by atoms with Crippen LogP contribution < -0.4 is 4.90 Å². The van der Waals surface area contributed by atoms with Crippen LogP contribution in [0.15, 0.2) is 48.5 Å². The lowest BCUT2D eigenvalue weighted by molar-refractivity contribution is -0.180. The molecule has 0 aromatic heterocycles. The van der Waals surface area contributed by atoms with E-state index in [1.807, 2.05) is 24.0 Å². The minimum atomic E-state index is -1.21. The van der Waals surface area contributed by atoms with Gasteiger partial charge in [0.1, 0.15) is 0 Å². The zero-order valence-corrected chi connectivity index (χ0v) is 17.7. The van der Waals surface area contributed by atoms with Gasteiger partial charge in [-0.05, 0) is 62.9 Å². The summed E-state index contributed by atoms with van der Waals surface area (Å²) in [7, 11) is 0. The second-order valence-electron chi connectivity index (χ2n) is 8.78. The molecule has 3 aliphatic rings. The first-order chi connectivity index (χ1) is 14.7. The number of carbonyl (C=O) groups excluding carboxylic acids is 1. The number of ether oxygens (including phenoxy) is 2. The van der Waals surface area contributed by atoms with Gasteiger partial charge in [-0.25, -0.2) is 0 Å². The van der Waals surface area contributed by atoms with Crippen molar-refractivity contribution in [1.29, 1.82) is 0 Å². The molecule has 3 heterocycles. The van der Waals surface area contributed by atoms with Gasteiger partial charge in [0.2, 0.25) is 0 Å². The Hall–Kier alpha value is -2.21.